The zero-order valence-electron chi connectivity index (χ0n) is 16.9. The molecule has 0 spiro atoms. The largest absolute Gasteiger partial charge is 0.477 e. The zero-order valence-corrected chi connectivity index (χ0v) is 19.3. The van der Waals surface area contributed by atoms with Crippen LogP contribution in [-0.2, 0) is 11.2 Å². The number of fused-ring (bicyclic) bond motifs is 1. The van der Waals surface area contributed by atoms with Gasteiger partial charge >= 0.3 is 5.97 Å². The molecule has 32 heavy (non-hydrogen) atoms. The van der Waals surface area contributed by atoms with Crippen molar-refractivity contribution in [1.29, 1.82) is 0 Å². The number of anilines is 1. The maximum atomic E-state index is 12.5. The number of H-pyrrole nitrogens is 1. The number of aliphatic hydroxyl groups is 1. The normalized spacial score (nSPS) is 21.4. The third-order valence-corrected chi connectivity index (χ3v) is 7.78. The Morgan fingerprint density at radius 2 is 1.94 bits per heavy atom. The standard InChI is InChI=1S/C19H21Cl2N5O5S/c1-7-12(20)13(21)15(23-7)17(29)25-14-8-5-26(6-9(8)14)19-24-10(16(32-19)18(30)31)4-11(28)22-2-3-27/h8-9,14,23,27H,2-6H2,1H3,(H,22,28)(H,25,29)(H,30,31)/t8-,9+,14-. The lowest BCUT2D eigenvalue weighted by atomic mass is 10.2. The molecule has 1 aliphatic carbocycles. The van der Waals surface area contributed by atoms with Gasteiger partial charge in [-0.15, -0.1) is 0 Å². The van der Waals surface area contributed by atoms with Gasteiger partial charge in [-0.25, -0.2) is 9.78 Å². The first-order valence-corrected chi connectivity index (χ1v) is 11.5. The highest BCUT2D eigenvalue weighted by atomic mass is 35.5. The molecule has 0 radical (unpaired) electrons. The van der Waals surface area contributed by atoms with Gasteiger partial charge < -0.3 is 30.7 Å². The Morgan fingerprint density at radius 3 is 2.50 bits per heavy atom. The van der Waals surface area contributed by atoms with Gasteiger partial charge in [-0.1, -0.05) is 34.5 Å². The fourth-order valence-corrected chi connectivity index (χ4v) is 5.38. The quantitative estimate of drug-likeness (QED) is 0.366. The summed E-state index contributed by atoms with van der Waals surface area (Å²) in [5.74, 6) is -1.40. The summed E-state index contributed by atoms with van der Waals surface area (Å²) in [4.78, 5) is 45.3. The highest BCUT2D eigenvalue weighted by Gasteiger charge is 2.57. The number of aromatic carboxylic acids is 1. The second-order valence-electron chi connectivity index (χ2n) is 7.81. The maximum absolute atomic E-state index is 12.5. The molecular weight excluding hydrogens is 481 g/mol. The third-order valence-electron chi connectivity index (χ3n) is 5.69. The summed E-state index contributed by atoms with van der Waals surface area (Å²) in [5, 5.41) is 24.8. The number of thiazole rings is 1. The van der Waals surface area contributed by atoms with E-state index in [4.69, 9.17) is 28.3 Å². The van der Waals surface area contributed by atoms with E-state index in [1.807, 2.05) is 4.90 Å². The van der Waals surface area contributed by atoms with Crippen molar-refractivity contribution in [3.8, 4) is 0 Å². The van der Waals surface area contributed by atoms with Gasteiger partial charge in [0, 0.05) is 43.2 Å². The monoisotopic (exact) mass is 501 g/mol. The van der Waals surface area contributed by atoms with E-state index in [0.717, 1.165) is 11.3 Å². The summed E-state index contributed by atoms with van der Waals surface area (Å²) in [6.45, 7) is 2.88. The molecule has 2 amide bonds. The number of aliphatic hydroxyl groups excluding tert-OH is 1. The molecule has 10 nitrogen and oxygen atoms in total. The average molecular weight is 502 g/mol. The fraction of sp³-hybridized carbons (Fsp3) is 0.474. The zero-order chi connectivity index (χ0) is 23.2. The molecule has 0 aromatic carbocycles. The van der Waals surface area contributed by atoms with Crippen molar-refractivity contribution in [3.63, 3.8) is 0 Å². The van der Waals surface area contributed by atoms with Crippen LogP contribution in [0.25, 0.3) is 0 Å². The Hall–Kier alpha value is -2.34. The van der Waals surface area contributed by atoms with Crippen LogP contribution < -0.4 is 15.5 Å². The van der Waals surface area contributed by atoms with Crippen LogP contribution in [0, 0.1) is 18.8 Å². The van der Waals surface area contributed by atoms with Crippen LogP contribution in [-0.4, -0.2) is 70.2 Å². The number of aromatic amines is 1. The van der Waals surface area contributed by atoms with Crippen molar-refractivity contribution in [1.82, 2.24) is 20.6 Å². The second kappa shape index (κ2) is 8.89. The second-order valence-corrected chi connectivity index (χ2v) is 9.55. The topological polar surface area (TPSA) is 148 Å². The number of halogens is 2. The molecule has 0 bridgehead atoms. The summed E-state index contributed by atoms with van der Waals surface area (Å²) in [6, 6.07) is -0.000153. The van der Waals surface area contributed by atoms with Gasteiger partial charge in [0.15, 0.2) is 5.13 Å². The molecule has 172 valence electrons. The molecule has 2 aromatic rings. The van der Waals surface area contributed by atoms with E-state index in [2.05, 4.69) is 20.6 Å². The van der Waals surface area contributed by atoms with Crippen LogP contribution >= 0.6 is 34.5 Å². The Bertz CT molecular complexity index is 1070. The van der Waals surface area contributed by atoms with Crippen LogP contribution in [0.5, 0.6) is 0 Å². The maximum Gasteiger partial charge on any atom is 0.347 e. The molecule has 1 saturated heterocycles. The number of hydrogen-bond acceptors (Lipinski definition) is 7. The lowest BCUT2D eigenvalue weighted by Gasteiger charge is -2.19. The van der Waals surface area contributed by atoms with E-state index in [1.54, 1.807) is 6.92 Å². The number of aromatic nitrogens is 2. The van der Waals surface area contributed by atoms with Crippen LogP contribution in [0.2, 0.25) is 10.0 Å². The van der Waals surface area contributed by atoms with Crippen molar-refractivity contribution in [3.05, 3.63) is 32.0 Å². The number of rotatable bonds is 8. The van der Waals surface area contributed by atoms with Gasteiger partial charge in [-0.05, 0) is 6.92 Å². The van der Waals surface area contributed by atoms with E-state index in [1.165, 1.54) is 0 Å². The molecule has 2 fully saturated rings. The molecular formula is C19H21Cl2N5O5S. The van der Waals surface area contributed by atoms with Crippen molar-refractivity contribution in [2.75, 3.05) is 31.1 Å². The first-order valence-electron chi connectivity index (χ1n) is 9.91. The number of carboxylic acid groups (broad SMARTS) is 1. The predicted octanol–water partition coefficient (Wildman–Crippen LogP) is 1.30. The highest BCUT2D eigenvalue weighted by Crippen LogP contribution is 2.48. The van der Waals surface area contributed by atoms with Gasteiger partial charge in [-0.2, -0.15) is 0 Å². The smallest absolute Gasteiger partial charge is 0.347 e. The first-order chi connectivity index (χ1) is 15.2. The molecule has 3 heterocycles. The molecule has 1 aliphatic heterocycles. The van der Waals surface area contributed by atoms with Crippen molar-refractivity contribution < 1.29 is 24.6 Å². The van der Waals surface area contributed by atoms with Crippen molar-refractivity contribution >= 4 is 57.5 Å². The molecule has 1 saturated carbocycles. The average Bonchev–Trinajstić information content (AvgIpc) is 3.13. The Labute approximate surface area is 196 Å². The number of hydrogen-bond donors (Lipinski definition) is 5. The number of carbonyl (C=O) groups is 3. The first kappa shape index (κ1) is 22.8. The van der Waals surface area contributed by atoms with Crippen molar-refractivity contribution in [2.45, 2.75) is 19.4 Å². The van der Waals surface area contributed by atoms with E-state index in [-0.39, 0.29) is 64.6 Å². The summed E-state index contributed by atoms with van der Waals surface area (Å²) < 4.78 is 0. The van der Waals surface area contributed by atoms with Gasteiger partial charge in [-0.3, -0.25) is 9.59 Å². The molecule has 13 heteroatoms. The number of aryl methyl sites for hydroxylation is 1. The van der Waals surface area contributed by atoms with Crippen LogP contribution in [0.1, 0.15) is 31.5 Å². The molecule has 2 aliphatic rings. The number of amides is 2. The summed E-state index contributed by atoms with van der Waals surface area (Å²) in [7, 11) is 0. The fourth-order valence-electron chi connectivity index (χ4n) is 4.02. The van der Waals surface area contributed by atoms with Gasteiger partial charge in [0.2, 0.25) is 5.91 Å². The van der Waals surface area contributed by atoms with E-state index in [9.17, 15) is 19.5 Å². The van der Waals surface area contributed by atoms with Crippen LogP contribution in [0.3, 0.4) is 0 Å². The molecule has 5 N–H and O–H groups in total. The number of carbonyl (C=O) groups excluding carboxylic acids is 2. The molecule has 0 unspecified atom stereocenters. The number of nitrogens with one attached hydrogen (secondary N) is 3. The summed E-state index contributed by atoms with van der Waals surface area (Å²) in [6.07, 6.45) is -0.170. The van der Waals surface area contributed by atoms with Gasteiger partial charge in [0.25, 0.3) is 5.91 Å². The summed E-state index contributed by atoms with van der Waals surface area (Å²) in [5.41, 5.74) is 1.07. The van der Waals surface area contributed by atoms with Crippen LogP contribution in [0.4, 0.5) is 5.13 Å². The summed E-state index contributed by atoms with van der Waals surface area (Å²) >= 11 is 13.2. The minimum Gasteiger partial charge on any atom is -0.477 e. The molecule has 3 atom stereocenters. The minimum atomic E-state index is -1.13. The Morgan fingerprint density at radius 1 is 1.25 bits per heavy atom. The Balaban J connectivity index is 1.37. The van der Waals surface area contributed by atoms with Gasteiger partial charge in [0.05, 0.1) is 28.8 Å². The van der Waals surface area contributed by atoms with E-state index >= 15 is 0 Å². The lowest BCUT2D eigenvalue weighted by molar-refractivity contribution is -0.120. The lowest BCUT2D eigenvalue weighted by Crippen LogP contribution is -2.35. The number of carboxylic acids is 1. The van der Waals surface area contributed by atoms with Crippen LogP contribution in [0.15, 0.2) is 0 Å². The van der Waals surface area contributed by atoms with Gasteiger partial charge in [0.1, 0.15) is 10.6 Å². The minimum absolute atomic E-state index is 0.000153. The van der Waals surface area contributed by atoms with Crippen molar-refractivity contribution in [2.24, 2.45) is 11.8 Å². The third kappa shape index (κ3) is 4.29. The SMILES string of the molecule is Cc1[nH]c(C(=O)N[C@@H]2[C@@H]3CN(c4nc(CC(=O)NCCO)c(C(=O)O)s4)C[C@@H]32)c(Cl)c1Cl. The molecule has 2 aromatic heterocycles. The highest BCUT2D eigenvalue weighted by molar-refractivity contribution is 7.17. The Kier molecular flexibility index (Phi) is 6.35. The number of nitrogens with zero attached hydrogens (tertiary/aromatic N) is 2. The van der Waals surface area contributed by atoms with E-state index < -0.39 is 11.9 Å². The predicted molar refractivity (Wildman–Crippen MR) is 119 cm³/mol. The molecule has 4 rings (SSSR count). The van der Waals surface area contributed by atoms with E-state index in [0.29, 0.717) is 28.9 Å². The number of piperidine rings is 1.